The number of carbonyl (C=O) groups excluding carboxylic acids is 4. The first-order valence-corrected chi connectivity index (χ1v) is 19.2. The van der Waals surface area contributed by atoms with Gasteiger partial charge in [-0.2, -0.15) is 0 Å². The minimum absolute atomic E-state index is 0.0869. The van der Waals surface area contributed by atoms with E-state index in [2.05, 4.69) is 9.80 Å². The molecule has 0 radical (unpaired) electrons. The number of carbonyl (C=O) groups is 4. The van der Waals surface area contributed by atoms with Gasteiger partial charge in [0.25, 0.3) is 0 Å². The molecule has 0 aromatic heterocycles. The van der Waals surface area contributed by atoms with Crippen LogP contribution in [-0.4, -0.2) is 71.0 Å². The minimum Gasteiger partial charge on any atom is -0.295 e. The fraction of sp³-hybridized carbons (Fsp3) is 0.440. The number of benzene rings is 1. The van der Waals surface area contributed by atoms with E-state index in [9.17, 15) is 19.2 Å². The van der Waals surface area contributed by atoms with Gasteiger partial charge in [-0.1, -0.05) is 0 Å². The Hall–Kier alpha value is -2.14. The van der Waals surface area contributed by atoms with E-state index in [-0.39, 0.29) is 12.8 Å². The zero-order valence-electron chi connectivity index (χ0n) is 19.1. The number of nitrogens with one attached hydrogen (secondary N) is 1. The van der Waals surface area contributed by atoms with Crippen LogP contribution < -0.4 is 5.32 Å². The topological polar surface area (TPSA) is 92.8 Å². The summed E-state index contributed by atoms with van der Waals surface area (Å²) >= 11 is -0.443. The number of hydrogen-bond acceptors (Lipinski definition) is 5. The average Bonchev–Trinajstić information content (AvgIpc) is 2.94. The second kappa shape index (κ2) is 10.0. The molecule has 2 heterocycles. The second-order valence-electron chi connectivity index (χ2n) is 8.90. The van der Waals surface area contributed by atoms with Gasteiger partial charge in [0.2, 0.25) is 11.8 Å². The number of rotatable bonds is 8. The maximum absolute atomic E-state index is 13.6. The van der Waals surface area contributed by atoms with E-state index in [1.54, 1.807) is 18.2 Å². The SMILES string of the molecule is [CH3][Tl][CH2]CCCCOC1(C)C=Cc2cccc3c2C(=C1)C(=O)N(C1CCC(=O)NC1=O)C3=O. The number of hydrogen-bond donors (Lipinski definition) is 1. The van der Waals surface area contributed by atoms with Crippen LogP contribution >= 0.6 is 0 Å². The van der Waals surface area contributed by atoms with Crippen molar-refractivity contribution in [2.45, 2.75) is 59.1 Å². The molecule has 0 saturated carbocycles. The Balaban J connectivity index is 1.66. The molecule has 3 aliphatic rings. The molecular formula is C25H28N2O5Tl. The molecule has 1 aromatic carbocycles. The van der Waals surface area contributed by atoms with E-state index < -0.39 is 59.5 Å². The van der Waals surface area contributed by atoms with Crippen molar-refractivity contribution in [1.82, 2.24) is 10.2 Å². The molecule has 33 heavy (non-hydrogen) atoms. The summed E-state index contributed by atoms with van der Waals surface area (Å²) in [5.74, 6) is -2.04. The molecule has 4 amide bonds. The molecule has 4 rings (SSSR count). The zero-order chi connectivity index (χ0) is 23.6. The maximum atomic E-state index is 13.6. The average molecular weight is 641 g/mol. The molecular weight excluding hydrogens is 613 g/mol. The molecule has 1 fully saturated rings. The molecule has 171 valence electrons. The summed E-state index contributed by atoms with van der Waals surface area (Å²) < 4.78 is 10.0. The van der Waals surface area contributed by atoms with Gasteiger partial charge in [-0.3, -0.25) is 19.7 Å². The van der Waals surface area contributed by atoms with Crippen molar-refractivity contribution in [2.24, 2.45) is 0 Å². The predicted molar refractivity (Wildman–Crippen MR) is 125 cm³/mol. The molecule has 1 saturated heterocycles. The number of amides is 4. The van der Waals surface area contributed by atoms with Crippen LogP contribution in [0.2, 0.25) is 8.46 Å². The van der Waals surface area contributed by atoms with Crippen molar-refractivity contribution in [2.75, 3.05) is 6.61 Å². The van der Waals surface area contributed by atoms with E-state index in [4.69, 9.17) is 4.74 Å². The van der Waals surface area contributed by atoms with E-state index in [0.717, 1.165) is 23.3 Å². The standard InChI is InChI=1S/C24H25N2O5.CH3.Tl/c1-3-4-5-13-31-24(2)12-11-15-7-6-8-16-20(15)17(14-24)23(30)26(22(16)29)18-9-10-19(27)25-21(18)28;;/h6-8,11-12,14,18H,1,3-5,9-10,13H2,2H3,(H,25,27,28);1H3;. The number of imide groups is 2. The van der Waals surface area contributed by atoms with Crippen molar-refractivity contribution in [3.8, 4) is 0 Å². The van der Waals surface area contributed by atoms with Gasteiger partial charge < -0.3 is 0 Å². The Morgan fingerprint density at radius 2 is 1.97 bits per heavy atom. The van der Waals surface area contributed by atoms with Crippen molar-refractivity contribution in [1.29, 1.82) is 0 Å². The smallest absolute Gasteiger partial charge is 0.295 e. The van der Waals surface area contributed by atoms with Crippen LogP contribution in [0.25, 0.3) is 11.6 Å². The van der Waals surface area contributed by atoms with Crippen LogP contribution in [0.4, 0.5) is 0 Å². The molecule has 1 aliphatic carbocycles. The normalized spacial score (nSPS) is 24.1. The van der Waals surface area contributed by atoms with Gasteiger partial charge in [0, 0.05) is 6.42 Å². The van der Waals surface area contributed by atoms with Gasteiger partial charge in [0.15, 0.2) is 0 Å². The summed E-state index contributed by atoms with van der Waals surface area (Å²) in [5, 5.41) is 2.25. The van der Waals surface area contributed by atoms with E-state index >= 15 is 0 Å². The van der Waals surface area contributed by atoms with Gasteiger partial charge in [0.05, 0.1) is 0 Å². The van der Waals surface area contributed by atoms with Gasteiger partial charge in [-0.05, 0) is 6.42 Å². The molecule has 0 bridgehead atoms. The third-order valence-electron chi connectivity index (χ3n) is 6.36. The Kier molecular flexibility index (Phi) is 7.28. The first-order chi connectivity index (χ1) is 15.8. The molecule has 7 nitrogen and oxygen atoms in total. The molecule has 2 atom stereocenters. The number of ether oxygens (including phenoxy) is 1. The van der Waals surface area contributed by atoms with Gasteiger partial charge in [-0.25, -0.2) is 0 Å². The summed E-state index contributed by atoms with van der Waals surface area (Å²) in [6, 6.07) is 4.31. The number of nitrogens with zero attached hydrogens (tertiary/aromatic N) is 1. The first kappa shape index (κ1) is 24.0. The zero-order valence-corrected chi connectivity index (χ0v) is 23.5. The summed E-state index contributed by atoms with van der Waals surface area (Å²) in [6.07, 6.45) is 9.17. The first-order valence-electron chi connectivity index (χ1n) is 11.5. The van der Waals surface area contributed by atoms with E-state index in [1.807, 2.05) is 25.1 Å². The molecule has 1 aromatic rings. The quantitative estimate of drug-likeness (QED) is 0.268. The summed E-state index contributed by atoms with van der Waals surface area (Å²) in [7, 11) is 0. The number of unbranched alkanes of at least 4 members (excludes halogenated alkanes) is 2. The van der Waals surface area contributed by atoms with Crippen LogP contribution in [-0.2, 0) is 19.1 Å². The molecule has 0 spiro atoms. The van der Waals surface area contributed by atoms with Crippen molar-refractivity contribution >= 4 is 59.5 Å². The molecule has 2 aliphatic heterocycles. The number of piperidine rings is 1. The fourth-order valence-corrected chi connectivity index (χ4v) is 7.30. The Bertz CT molecular complexity index is 1060. The van der Waals surface area contributed by atoms with Crippen molar-refractivity contribution in [3.05, 3.63) is 47.0 Å². The van der Waals surface area contributed by atoms with Crippen LogP contribution in [0, 0.1) is 0 Å². The third-order valence-corrected chi connectivity index (χ3v) is 10.2. The van der Waals surface area contributed by atoms with Crippen LogP contribution in [0.5, 0.6) is 0 Å². The van der Waals surface area contributed by atoms with Gasteiger partial charge in [0.1, 0.15) is 0 Å². The van der Waals surface area contributed by atoms with Gasteiger partial charge >= 0.3 is 162 Å². The van der Waals surface area contributed by atoms with Crippen molar-refractivity contribution < 1.29 is 23.9 Å². The van der Waals surface area contributed by atoms with Crippen LogP contribution in [0.1, 0.15) is 60.5 Å². The Labute approximate surface area is 205 Å². The summed E-state index contributed by atoms with van der Waals surface area (Å²) in [4.78, 5) is 52.1. The Morgan fingerprint density at radius 1 is 1.15 bits per heavy atom. The summed E-state index contributed by atoms with van der Waals surface area (Å²) in [6.45, 7) is 2.49. The monoisotopic (exact) mass is 641 g/mol. The van der Waals surface area contributed by atoms with Gasteiger partial charge in [-0.15, -0.1) is 0 Å². The van der Waals surface area contributed by atoms with Crippen molar-refractivity contribution in [3.63, 3.8) is 0 Å². The fourth-order valence-electron chi connectivity index (χ4n) is 4.59. The third kappa shape index (κ3) is 4.89. The minimum atomic E-state index is -1.01. The van der Waals surface area contributed by atoms with E-state index in [1.165, 1.54) is 10.4 Å². The predicted octanol–water partition coefficient (Wildman–Crippen LogP) is 3.00. The molecule has 8 heteroatoms. The molecule has 2 unspecified atom stereocenters. The van der Waals surface area contributed by atoms with Crippen LogP contribution in [0.3, 0.4) is 0 Å². The Morgan fingerprint density at radius 3 is 2.73 bits per heavy atom. The van der Waals surface area contributed by atoms with E-state index in [0.29, 0.717) is 23.3 Å². The summed E-state index contributed by atoms with van der Waals surface area (Å²) in [5.41, 5.74) is 1.27. The molecule has 1 N–H and O–H groups in total. The second-order valence-corrected chi connectivity index (χ2v) is 14.3. The van der Waals surface area contributed by atoms with Crippen LogP contribution in [0.15, 0.2) is 30.4 Å².